The Balaban J connectivity index is 0.00000156. The minimum atomic E-state index is -0.112. The molecule has 0 saturated carbocycles. The van der Waals surface area contributed by atoms with Crippen LogP contribution in [-0.4, -0.2) is 43.5 Å². The van der Waals surface area contributed by atoms with Crippen molar-refractivity contribution in [1.82, 2.24) is 15.5 Å². The molecule has 2 heterocycles. The lowest BCUT2D eigenvalue weighted by Gasteiger charge is -2.30. The number of hydrogen-bond donors (Lipinski definition) is 2. The van der Waals surface area contributed by atoms with Crippen LogP contribution in [0.1, 0.15) is 35.9 Å². The third-order valence-electron chi connectivity index (χ3n) is 4.46. The van der Waals surface area contributed by atoms with Gasteiger partial charge in [-0.05, 0) is 46.5 Å². The summed E-state index contributed by atoms with van der Waals surface area (Å²) in [5.74, 6) is 0.330. The first-order valence-corrected chi connectivity index (χ1v) is 8.25. The van der Waals surface area contributed by atoms with Crippen LogP contribution in [0.4, 0.5) is 0 Å². The Kier molecular flexibility index (Phi) is 8.22. The lowest BCUT2D eigenvalue weighted by atomic mass is 9.99. The fourth-order valence-corrected chi connectivity index (χ4v) is 3.23. The van der Waals surface area contributed by atoms with Crippen molar-refractivity contribution in [2.45, 2.75) is 38.4 Å². The molecule has 1 fully saturated rings. The van der Waals surface area contributed by atoms with Gasteiger partial charge in [0.05, 0.1) is 0 Å². The van der Waals surface area contributed by atoms with Gasteiger partial charge in [-0.3, -0.25) is 4.79 Å². The Bertz CT molecular complexity index is 703. The number of benzene rings is 1. The average molecular weight is 388 g/mol. The number of halogens is 2. The monoisotopic (exact) mass is 387 g/mol. The minimum Gasteiger partial charge on any atom is -0.451 e. The molecule has 2 N–H and O–H groups in total. The van der Waals surface area contributed by atoms with Crippen molar-refractivity contribution >= 4 is 41.7 Å². The van der Waals surface area contributed by atoms with E-state index in [1.165, 1.54) is 0 Å². The van der Waals surface area contributed by atoms with Crippen LogP contribution in [0.15, 0.2) is 28.7 Å². The molecule has 2 unspecified atom stereocenters. The summed E-state index contributed by atoms with van der Waals surface area (Å²) in [4.78, 5) is 14.8. The van der Waals surface area contributed by atoms with Gasteiger partial charge in [-0.15, -0.1) is 24.8 Å². The first-order valence-electron chi connectivity index (χ1n) is 8.25. The predicted octanol–water partition coefficient (Wildman–Crippen LogP) is 3.21. The van der Waals surface area contributed by atoms with Crippen molar-refractivity contribution in [2.75, 3.05) is 20.6 Å². The van der Waals surface area contributed by atoms with Crippen molar-refractivity contribution in [3.05, 3.63) is 35.6 Å². The molecule has 0 spiro atoms. The SMILES string of the molecule is CC1NCCCC1NC(=O)c1oc2ccccc2c1CN(C)C.Cl.Cl. The summed E-state index contributed by atoms with van der Waals surface area (Å²) >= 11 is 0. The van der Waals surface area contributed by atoms with Crippen molar-refractivity contribution in [2.24, 2.45) is 0 Å². The van der Waals surface area contributed by atoms with Crippen molar-refractivity contribution < 1.29 is 9.21 Å². The molecule has 2 atom stereocenters. The molecular weight excluding hydrogens is 361 g/mol. The lowest BCUT2D eigenvalue weighted by molar-refractivity contribution is 0.0891. The standard InChI is InChI=1S/C18H25N3O2.2ClH/c1-12-15(8-6-10-19-12)20-18(22)17-14(11-21(2)3)13-7-4-5-9-16(13)23-17;;/h4-5,7,9,12,15,19H,6,8,10-11H2,1-3H3,(H,20,22);2*1H. The van der Waals surface area contributed by atoms with Crippen LogP contribution in [0, 0.1) is 0 Å². The summed E-state index contributed by atoms with van der Waals surface area (Å²) in [6.07, 6.45) is 2.09. The maximum Gasteiger partial charge on any atom is 0.287 e. The molecule has 2 aromatic rings. The number of hydrogen-bond acceptors (Lipinski definition) is 4. The van der Waals surface area contributed by atoms with Gasteiger partial charge in [0, 0.05) is 29.6 Å². The fourth-order valence-electron chi connectivity index (χ4n) is 3.23. The molecule has 0 radical (unpaired) electrons. The van der Waals surface area contributed by atoms with E-state index in [-0.39, 0.29) is 42.8 Å². The van der Waals surface area contributed by atoms with E-state index in [1.54, 1.807) is 0 Å². The summed E-state index contributed by atoms with van der Waals surface area (Å²) in [5, 5.41) is 7.57. The zero-order valence-corrected chi connectivity index (χ0v) is 16.5. The van der Waals surface area contributed by atoms with E-state index in [1.807, 2.05) is 38.4 Å². The summed E-state index contributed by atoms with van der Waals surface area (Å²) in [7, 11) is 3.99. The largest absolute Gasteiger partial charge is 0.451 e. The van der Waals surface area contributed by atoms with Gasteiger partial charge < -0.3 is 20.0 Å². The Hall–Kier alpha value is -1.27. The third-order valence-corrected chi connectivity index (χ3v) is 4.46. The number of para-hydroxylation sites is 1. The van der Waals surface area contributed by atoms with E-state index in [4.69, 9.17) is 4.42 Å². The molecule has 1 aliphatic heterocycles. The average Bonchev–Trinajstić information content (AvgIpc) is 2.88. The molecule has 0 bridgehead atoms. The van der Waals surface area contributed by atoms with Crippen molar-refractivity contribution in [3.8, 4) is 0 Å². The van der Waals surface area contributed by atoms with Crippen LogP contribution < -0.4 is 10.6 Å². The van der Waals surface area contributed by atoms with E-state index in [0.717, 1.165) is 35.9 Å². The second-order valence-corrected chi connectivity index (χ2v) is 6.61. The maximum atomic E-state index is 12.8. The normalized spacial score (nSPS) is 20.0. The maximum absolute atomic E-state index is 12.8. The van der Waals surface area contributed by atoms with Gasteiger partial charge in [0.2, 0.25) is 0 Å². The first kappa shape index (κ1) is 21.8. The topological polar surface area (TPSA) is 57.5 Å². The number of fused-ring (bicyclic) bond motifs is 1. The highest BCUT2D eigenvalue weighted by molar-refractivity contribution is 5.99. The van der Waals surface area contributed by atoms with Crippen LogP contribution in [-0.2, 0) is 6.54 Å². The van der Waals surface area contributed by atoms with Gasteiger partial charge >= 0.3 is 0 Å². The van der Waals surface area contributed by atoms with Gasteiger partial charge in [-0.1, -0.05) is 18.2 Å². The molecule has 3 rings (SSSR count). The smallest absolute Gasteiger partial charge is 0.287 e. The van der Waals surface area contributed by atoms with Gasteiger partial charge in [-0.2, -0.15) is 0 Å². The Morgan fingerprint density at radius 2 is 2.04 bits per heavy atom. The number of piperidine rings is 1. The second-order valence-electron chi connectivity index (χ2n) is 6.61. The Labute approximate surface area is 161 Å². The summed E-state index contributed by atoms with van der Waals surface area (Å²) in [6, 6.07) is 8.27. The number of nitrogens with zero attached hydrogens (tertiary/aromatic N) is 1. The van der Waals surface area contributed by atoms with Crippen molar-refractivity contribution in [3.63, 3.8) is 0 Å². The van der Waals surface area contributed by atoms with Crippen LogP contribution in [0.5, 0.6) is 0 Å². The fraction of sp³-hybridized carbons (Fsp3) is 0.500. The zero-order valence-electron chi connectivity index (χ0n) is 14.9. The Morgan fingerprint density at radius 3 is 2.72 bits per heavy atom. The first-order chi connectivity index (χ1) is 11.1. The summed E-state index contributed by atoms with van der Waals surface area (Å²) < 4.78 is 5.88. The van der Waals surface area contributed by atoms with E-state index in [2.05, 4.69) is 22.5 Å². The van der Waals surface area contributed by atoms with E-state index in [9.17, 15) is 4.79 Å². The highest BCUT2D eigenvalue weighted by Crippen LogP contribution is 2.27. The number of rotatable bonds is 4. The highest BCUT2D eigenvalue weighted by atomic mass is 35.5. The van der Waals surface area contributed by atoms with Crippen LogP contribution in [0.25, 0.3) is 11.0 Å². The molecule has 1 saturated heterocycles. The molecule has 25 heavy (non-hydrogen) atoms. The highest BCUT2D eigenvalue weighted by Gasteiger charge is 2.26. The minimum absolute atomic E-state index is 0. The predicted molar refractivity (Wildman–Crippen MR) is 106 cm³/mol. The molecule has 7 heteroatoms. The van der Waals surface area contributed by atoms with Gasteiger partial charge in [-0.25, -0.2) is 0 Å². The van der Waals surface area contributed by atoms with Crippen LogP contribution >= 0.6 is 24.8 Å². The summed E-state index contributed by atoms with van der Waals surface area (Å²) in [5.41, 5.74) is 1.73. The van der Waals surface area contributed by atoms with E-state index < -0.39 is 0 Å². The van der Waals surface area contributed by atoms with E-state index in [0.29, 0.717) is 12.3 Å². The van der Waals surface area contributed by atoms with Gasteiger partial charge in [0.25, 0.3) is 5.91 Å². The lowest BCUT2D eigenvalue weighted by Crippen LogP contribution is -2.52. The van der Waals surface area contributed by atoms with Crippen LogP contribution in [0.2, 0.25) is 0 Å². The molecule has 1 aliphatic rings. The molecule has 140 valence electrons. The van der Waals surface area contributed by atoms with Gasteiger partial charge in [0.15, 0.2) is 5.76 Å². The number of nitrogens with one attached hydrogen (secondary N) is 2. The molecule has 0 aliphatic carbocycles. The quantitative estimate of drug-likeness (QED) is 0.845. The number of amides is 1. The molecule has 1 aromatic carbocycles. The van der Waals surface area contributed by atoms with E-state index >= 15 is 0 Å². The molecular formula is C18H27Cl2N3O2. The number of furan rings is 1. The second kappa shape index (κ2) is 9.43. The van der Waals surface area contributed by atoms with Crippen LogP contribution in [0.3, 0.4) is 0 Å². The zero-order chi connectivity index (χ0) is 16.4. The van der Waals surface area contributed by atoms with Gasteiger partial charge in [0.1, 0.15) is 5.58 Å². The number of carbonyl (C=O) groups excluding carboxylic acids is 1. The summed E-state index contributed by atoms with van der Waals surface area (Å²) in [6.45, 7) is 3.81. The number of carbonyl (C=O) groups is 1. The van der Waals surface area contributed by atoms with Crippen molar-refractivity contribution in [1.29, 1.82) is 0 Å². The molecule has 1 amide bonds. The Morgan fingerprint density at radius 1 is 1.32 bits per heavy atom. The molecule has 5 nitrogen and oxygen atoms in total. The molecule has 1 aromatic heterocycles. The third kappa shape index (κ3) is 4.88.